The van der Waals surface area contributed by atoms with E-state index in [1.165, 1.54) is 0 Å². The predicted octanol–water partition coefficient (Wildman–Crippen LogP) is 2.29. The highest BCUT2D eigenvalue weighted by atomic mass is 16.3. The van der Waals surface area contributed by atoms with Crippen LogP contribution in [0.3, 0.4) is 0 Å². The van der Waals surface area contributed by atoms with E-state index < -0.39 is 6.10 Å². The molecule has 1 unspecified atom stereocenters. The molecule has 1 amide bonds. The monoisotopic (exact) mass is 339 g/mol. The summed E-state index contributed by atoms with van der Waals surface area (Å²) in [6.07, 6.45) is 4.73. The molecular formula is C18H21N5O2. The Balaban J connectivity index is 1.42. The summed E-state index contributed by atoms with van der Waals surface area (Å²) in [5, 5.41) is 18.8. The molecule has 0 saturated carbocycles. The van der Waals surface area contributed by atoms with Gasteiger partial charge in [0.05, 0.1) is 18.3 Å². The molecule has 4 rings (SSSR count). The number of fused-ring (bicyclic) bond motifs is 1. The largest absolute Gasteiger partial charge is 0.387 e. The van der Waals surface area contributed by atoms with E-state index in [0.717, 1.165) is 23.7 Å². The maximum Gasteiger partial charge on any atom is 0.253 e. The number of aromatic nitrogens is 4. The highest BCUT2D eigenvalue weighted by Gasteiger charge is 2.25. The Bertz CT molecular complexity index is 890. The maximum absolute atomic E-state index is 12.7. The zero-order valence-electron chi connectivity index (χ0n) is 14.1. The summed E-state index contributed by atoms with van der Waals surface area (Å²) in [7, 11) is 0. The number of amides is 1. The molecule has 2 aromatic heterocycles. The second-order valence-corrected chi connectivity index (χ2v) is 6.60. The number of likely N-dealkylation sites (tertiary alicyclic amines) is 1. The van der Waals surface area contributed by atoms with Crippen molar-refractivity contribution in [2.24, 2.45) is 0 Å². The van der Waals surface area contributed by atoms with Gasteiger partial charge in [-0.15, -0.1) is 5.10 Å². The number of rotatable bonds is 3. The molecule has 0 aliphatic carbocycles. The van der Waals surface area contributed by atoms with Crippen molar-refractivity contribution in [3.05, 3.63) is 47.9 Å². The van der Waals surface area contributed by atoms with Gasteiger partial charge in [-0.1, -0.05) is 11.3 Å². The SMILES string of the molecule is CC(O)c1cn(C2CCN(C(=O)c3ccc4cc[nH]c4c3)CC2)nn1. The zero-order valence-corrected chi connectivity index (χ0v) is 14.1. The number of aliphatic hydroxyl groups excluding tert-OH is 1. The molecular weight excluding hydrogens is 318 g/mol. The summed E-state index contributed by atoms with van der Waals surface area (Å²) >= 11 is 0. The first-order valence-corrected chi connectivity index (χ1v) is 8.58. The highest BCUT2D eigenvalue weighted by Crippen LogP contribution is 2.24. The van der Waals surface area contributed by atoms with E-state index in [-0.39, 0.29) is 11.9 Å². The lowest BCUT2D eigenvalue weighted by atomic mass is 10.0. The van der Waals surface area contributed by atoms with Gasteiger partial charge in [-0.25, -0.2) is 4.68 Å². The number of benzene rings is 1. The third-order valence-corrected chi connectivity index (χ3v) is 4.88. The Morgan fingerprint density at radius 3 is 2.84 bits per heavy atom. The molecule has 2 N–H and O–H groups in total. The number of nitrogens with one attached hydrogen (secondary N) is 1. The van der Waals surface area contributed by atoms with Gasteiger partial charge in [0.2, 0.25) is 0 Å². The molecule has 0 bridgehead atoms. The number of H-pyrrole nitrogens is 1. The van der Waals surface area contributed by atoms with E-state index >= 15 is 0 Å². The summed E-state index contributed by atoms with van der Waals surface area (Å²) in [6.45, 7) is 3.06. The topological polar surface area (TPSA) is 87.0 Å². The number of hydrogen-bond donors (Lipinski definition) is 2. The van der Waals surface area contributed by atoms with E-state index in [1.54, 1.807) is 13.1 Å². The van der Waals surface area contributed by atoms with Gasteiger partial charge in [0, 0.05) is 30.4 Å². The number of aliphatic hydroxyl groups is 1. The van der Waals surface area contributed by atoms with Crippen molar-refractivity contribution in [3.63, 3.8) is 0 Å². The summed E-state index contributed by atoms with van der Waals surface area (Å²) in [5.41, 5.74) is 2.28. The van der Waals surface area contributed by atoms with Crippen molar-refractivity contribution in [2.45, 2.75) is 31.9 Å². The minimum atomic E-state index is -0.613. The normalized spacial score (nSPS) is 17.1. The minimum absolute atomic E-state index is 0.0678. The number of carbonyl (C=O) groups excluding carboxylic acids is 1. The zero-order chi connectivity index (χ0) is 17.4. The summed E-state index contributed by atoms with van der Waals surface area (Å²) in [4.78, 5) is 17.8. The summed E-state index contributed by atoms with van der Waals surface area (Å²) in [5.74, 6) is 0.0678. The van der Waals surface area contributed by atoms with Crippen molar-refractivity contribution >= 4 is 16.8 Å². The van der Waals surface area contributed by atoms with Crippen LogP contribution in [0.5, 0.6) is 0 Å². The first-order valence-electron chi connectivity index (χ1n) is 8.58. The van der Waals surface area contributed by atoms with Gasteiger partial charge in [0.15, 0.2) is 0 Å². The molecule has 0 radical (unpaired) electrons. The van der Waals surface area contributed by atoms with Crippen LogP contribution in [0.15, 0.2) is 36.7 Å². The van der Waals surface area contributed by atoms with E-state index in [4.69, 9.17) is 0 Å². The second-order valence-electron chi connectivity index (χ2n) is 6.60. The molecule has 1 saturated heterocycles. The third-order valence-electron chi connectivity index (χ3n) is 4.88. The first kappa shape index (κ1) is 15.8. The van der Waals surface area contributed by atoms with Crippen LogP contribution in [0.4, 0.5) is 0 Å². The molecule has 7 heteroatoms. The number of aromatic amines is 1. The van der Waals surface area contributed by atoms with Gasteiger partial charge < -0.3 is 15.0 Å². The van der Waals surface area contributed by atoms with Crippen LogP contribution in [0.2, 0.25) is 0 Å². The third kappa shape index (κ3) is 3.02. The van der Waals surface area contributed by atoms with Crippen molar-refractivity contribution in [1.82, 2.24) is 24.9 Å². The van der Waals surface area contributed by atoms with E-state index in [0.29, 0.717) is 24.3 Å². The van der Waals surface area contributed by atoms with Crippen molar-refractivity contribution in [3.8, 4) is 0 Å². The molecule has 3 heterocycles. The van der Waals surface area contributed by atoms with Gasteiger partial charge in [0.1, 0.15) is 5.69 Å². The fourth-order valence-electron chi connectivity index (χ4n) is 3.36. The molecule has 1 aromatic carbocycles. The van der Waals surface area contributed by atoms with Crippen LogP contribution in [-0.2, 0) is 0 Å². The molecule has 1 aliphatic rings. The lowest BCUT2D eigenvalue weighted by Gasteiger charge is -2.32. The van der Waals surface area contributed by atoms with Crippen LogP contribution in [0, 0.1) is 0 Å². The number of hydrogen-bond acceptors (Lipinski definition) is 4. The fraction of sp³-hybridized carbons (Fsp3) is 0.389. The quantitative estimate of drug-likeness (QED) is 0.766. The Labute approximate surface area is 145 Å². The standard InChI is InChI=1S/C18H21N5O2/c1-12(24)17-11-23(21-20-17)15-5-8-22(9-6-15)18(25)14-3-2-13-4-7-19-16(13)10-14/h2-4,7,10-12,15,19,24H,5-6,8-9H2,1H3. The summed E-state index contributed by atoms with van der Waals surface area (Å²) < 4.78 is 1.81. The molecule has 1 aliphatic heterocycles. The Morgan fingerprint density at radius 1 is 1.32 bits per heavy atom. The molecule has 7 nitrogen and oxygen atoms in total. The van der Waals surface area contributed by atoms with Crippen LogP contribution in [-0.4, -0.2) is 49.0 Å². The number of nitrogens with zero attached hydrogens (tertiary/aromatic N) is 4. The van der Waals surface area contributed by atoms with Crippen LogP contribution in [0.1, 0.15) is 48.0 Å². The maximum atomic E-state index is 12.7. The van der Waals surface area contributed by atoms with E-state index in [2.05, 4.69) is 15.3 Å². The molecule has 1 fully saturated rings. The van der Waals surface area contributed by atoms with Crippen molar-refractivity contribution in [2.75, 3.05) is 13.1 Å². The van der Waals surface area contributed by atoms with Gasteiger partial charge in [-0.05, 0) is 43.4 Å². The molecule has 3 aromatic rings. The lowest BCUT2D eigenvalue weighted by Crippen LogP contribution is -2.39. The van der Waals surface area contributed by atoms with Crippen LogP contribution < -0.4 is 0 Å². The molecule has 0 spiro atoms. The van der Waals surface area contributed by atoms with Crippen LogP contribution in [0.25, 0.3) is 10.9 Å². The van der Waals surface area contributed by atoms with E-state index in [1.807, 2.05) is 40.0 Å². The smallest absolute Gasteiger partial charge is 0.253 e. The average molecular weight is 339 g/mol. The minimum Gasteiger partial charge on any atom is -0.387 e. The fourth-order valence-corrected chi connectivity index (χ4v) is 3.36. The van der Waals surface area contributed by atoms with Crippen molar-refractivity contribution in [1.29, 1.82) is 0 Å². The Kier molecular flexibility index (Phi) is 4.01. The van der Waals surface area contributed by atoms with E-state index in [9.17, 15) is 9.90 Å². The molecule has 1 atom stereocenters. The summed E-state index contributed by atoms with van der Waals surface area (Å²) in [6, 6.07) is 7.98. The van der Waals surface area contributed by atoms with Crippen molar-refractivity contribution < 1.29 is 9.90 Å². The number of carbonyl (C=O) groups is 1. The van der Waals surface area contributed by atoms with Gasteiger partial charge >= 0.3 is 0 Å². The highest BCUT2D eigenvalue weighted by molar-refractivity contribution is 5.98. The predicted molar refractivity (Wildman–Crippen MR) is 93.1 cm³/mol. The second kappa shape index (κ2) is 6.33. The number of piperidine rings is 1. The average Bonchev–Trinajstić information content (AvgIpc) is 3.30. The molecule has 130 valence electrons. The molecule has 25 heavy (non-hydrogen) atoms. The van der Waals surface area contributed by atoms with Gasteiger partial charge in [-0.2, -0.15) is 0 Å². The Hall–Kier alpha value is -2.67. The first-order chi connectivity index (χ1) is 12.1. The van der Waals surface area contributed by atoms with Gasteiger partial charge in [-0.3, -0.25) is 4.79 Å². The van der Waals surface area contributed by atoms with Gasteiger partial charge in [0.25, 0.3) is 5.91 Å². The van der Waals surface area contributed by atoms with Crippen LogP contribution >= 0.6 is 0 Å². The lowest BCUT2D eigenvalue weighted by molar-refractivity contribution is 0.0689. The Morgan fingerprint density at radius 2 is 2.12 bits per heavy atom.